The molecule has 0 radical (unpaired) electrons. The number of aromatic nitrogens is 2. The minimum absolute atomic E-state index is 0.142. The molecule has 1 heterocycles. The molecule has 82 valence electrons. The summed E-state index contributed by atoms with van der Waals surface area (Å²) in [4.78, 5) is 11.1. The number of para-hydroxylation sites is 1. The van der Waals surface area contributed by atoms with Gasteiger partial charge in [0.05, 0.1) is 16.9 Å². The lowest BCUT2D eigenvalue weighted by atomic mass is 10.1. The molecule has 1 aromatic heterocycles. The lowest BCUT2D eigenvalue weighted by Crippen LogP contribution is -2.09. The van der Waals surface area contributed by atoms with E-state index >= 15 is 0 Å². The van der Waals surface area contributed by atoms with Crippen molar-refractivity contribution in [2.75, 3.05) is 5.73 Å². The number of carboxylic acids is 1. The third kappa shape index (κ3) is 1.63. The predicted molar refractivity (Wildman–Crippen MR) is 59.7 cm³/mol. The van der Waals surface area contributed by atoms with E-state index in [4.69, 9.17) is 10.8 Å². The van der Waals surface area contributed by atoms with E-state index in [9.17, 15) is 4.79 Å². The highest BCUT2D eigenvalue weighted by molar-refractivity contribution is 5.94. The van der Waals surface area contributed by atoms with Crippen LogP contribution >= 0.6 is 0 Å². The van der Waals surface area contributed by atoms with E-state index < -0.39 is 5.97 Å². The summed E-state index contributed by atoms with van der Waals surface area (Å²) in [6, 6.07) is 6.56. The lowest BCUT2D eigenvalue weighted by molar-refractivity contribution is 0.0697. The van der Waals surface area contributed by atoms with Crippen LogP contribution in [0.2, 0.25) is 0 Å². The van der Waals surface area contributed by atoms with Gasteiger partial charge in [0, 0.05) is 6.20 Å². The van der Waals surface area contributed by atoms with Gasteiger partial charge < -0.3 is 10.8 Å². The summed E-state index contributed by atoms with van der Waals surface area (Å²) in [5.74, 6) is -1.02. The van der Waals surface area contributed by atoms with Crippen LogP contribution in [0.25, 0.3) is 5.69 Å². The first kappa shape index (κ1) is 10.2. The Morgan fingerprint density at radius 1 is 1.44 bits per heavy atom. The summed E-state index contributed by atoms with van der Waals surface area (Å²) < 4.78 is 1.48. The zero-order valence-corrected chi connectivity index (χ0v) is 8.71. The van der Waals surface area contributed by atoms with E-state index in [1.165, 1.54) is 10.7 Å². The largest absolute Gasteiger partial charge is 0.478 e. The fourth-order valence-corrected chi connectivity index (χ4v) is 1.53. The van der Waals surface area contributed by atoms with Crippen molar-refractivity contribution in [3.8, 4) is 5.69 Å². The van der Waals surface area contributed by atoms with Crippen molar-refractivity contribution < 1.29 is 9.90 Å². The van der Waals surface area contributed by atoms with Gasteiger partial charge in [-0.25, -0.2) is 9.48 Å². The number of carboxylic acid groups (broad SMARTS) is 1. The summed E-state index contributed by atoms with van der Waals surface area (Å²) in [6.07, 6.45) is 1.69. The minimum Gasteiger partial charge on any atom is -0.478 e. The second kappa shape index (κ2) is 3.69. The van der Waals surface area contributed by atoms with Gasteiger partial charge in [-0.1, -0.05) is 6.07 Å². The van der Waals surface area contributed by atoms with Crippen molar-refractivity contribution in [2.24, 2.45) is 0 Å². The van der Waals surface area contributed by atoms with Crippen LogP contribution in [0, 0.1) is 6.92 Å². The molecule has 0 aliphatic carbocycles. The predicted octanol–water partition coefficient (Wildman–Crippen LogP) is 1.46. The van der Waals surface area contributed by atoms with Crippen molar-refractivity contribution in [3.63, 3.8) is 0 Å². The summed E-state index contributed by atoms with van der Waals surface area (Å²) in [6.45, 7) is 1.83. The first-order valence-electron chi connectivity index (χ1n) is 4.74. The van der Waals surface area contributed by atoms with Crippen LogP contribution in [0.1, 0.15) is 16.1 Å². The Kier molecular flexibility index (Phi) is 2.36. The van der Waals surface area contributed by atoms with Crippen LogP contribution in [0.5, 0.6) is 0 Å². The standard InChI is InChI=1S/C11H11N3O2/c1-7-5-6-14(13-7)10-8(11(15)16)3-2-4-9(10)12/h2-6H,12H2,1H3,(H,15,16). The van der Waals surface area contributed by atoms with Crippen molar-refractivity contribution in [2.45, 2.75) is 6.92 Å². The second-order valence-electron chi connectivity index (χ2n) is 3.45. The number of hydrogen-bond acceptors (Lipinski definition) is 3. The minimum atomic E-state index is -1.02. The zero-order chi connectivity index (χ0) is 11.7. The summed E-state index contributed by atoms with van der Waals surface area (Å²) in [7, 11) is 0. The number of anilines is 1. The average Bonchev–Trinajstić information content (AvgIpc) is 2.64. The van der Waals surface area contributed by atoms with Gasteiger partial charge in [-0.2, -0.15) is 5.10 Å². The number of aromatic carboxylic acids is 1. The highest BCUT2D eigenvalue weighted by atomic mass is 16.4. The van der Waals surface area contributed by atoms with Gasteiger partial charge in [0.2, 0.25) is 0 Å². The van der Waals surface area contributed by atoms with Gasteiger partial charge in [0.25, 0.3) is 0 Å². The van der Waals surface area contributed by atoms with Gasteiger partial charge >= 0.3 is 5.97 Å². The van der Waals surface area contributed by atoms with Gasteiger partial charge in [-0.15, -0.1) is 0 Å². The molecule has 5 nitrogen and oxygen atoms in total. The Morgan fingerprint density at radius 2 is 2.19 bits per heavy atom. The maximum atomic E-state index is 11.1. The highest BCUT2D eigenvalue weighted by Crippen LogP contribution is 2.21. The molecule has 0 saturated carbocycles. The SMILES string of the molecule is Cc1ccn(-c2c(N)cccc2C(=O)O)n1. The first-order valence-corrected chi connectivity index (χ1v) is 4.74. The Labute approximate surface area is 92.1 Å². The molecule has 2 aromatic rings. The van der Waals surface area contributed by atoms with Gasteiger partial charge in [0.1, 0.15) is 5.69 Å². The normalized spacial score (nSPS) is 10.3. The number of nitrogens with zero attached hydrogens (tertiary/aromatic N) is 2. The molecule has 0 unspecified atom stereocenters. The van der Waals surface area contributed by atoms with Crippen molar-refractivity contribution in [1.29, 1.82) is 0 Å². The molecule has 3 N–H and O–H groups in total. The fraction of sp³-hybridized carbons (Fsp3) is 0.0909. The fourth-order valence-electron chi connectivity index (χ4n) is 1.53. The van der Waals surface area contributed by atoms with Crippen LogP contribution in [0.4, 0.5) is 5.69 Å². The summed E-state index contributed by atoms with van der Waals surface area (Å²) in [5, 5.41) is 13.2. The Bertz CT molecular complexity index is 546. The maximum absolute atomic E-state index is 11.1. The molecule has 1 aromatic carbocycles. The van der Waals surface area contributed by atoms with Crippen molar-refractivity contribution in [3.05, 3.63) is 41.7 Å². The van der Waals surface area contributed by atoms with Crippen LogP contribution in [-0.4, -0.2) is 20.9 Å². The lowest BCUT2D eigenvalue weighted by Gasteiger charge is -2.08. The van der Waals surface area contributed by atoms with Gasteiger partial charge in [0.15, 0.2) is 0 Å². The van der Waals surface area contributed by atoms with Crippen LogP contribution in [0.15, 0.2) is 30.5 Å². The molecule has 0 saturated heterocycles. The van der Waals surface area contributed by atoms with Gasteiger partial charge in [-0.05, 0) is 25.1 Å². The number of aryl methyl sites for hydroxylation is 1. The van der Waals surface area contributed by atoms with Crippen LogP contribution < -0.4 is 5.73 Å². The molecule has 0 aliphatic rings. The summed E-state index contributed by atoms with van der Waals surface area (Å²) in [5.41, 5.74) is 7.52. The third-order valence-electron chi connectivity index (χ3n) is 2.25. The molecule has 5 heteroatoms. The van der Waals surface area contributed by atoms with Crippen molar-refractivity contribution in [1.82, 2.24) is 9.78 Å². The quantitative estimate of drug-likeness (QED) is 0.746. The van der Waals surface area contributed by atoms with E-state index in [1.54, 1.807) is 24.4 Å². The topological polar surface area (TPSA) is 81.1 Å². The smallest absolute Gasteiger partial charge is 0.337 e. The Morgan fingerprint density at radius 3 is 2.75 bits per heavy atom. The molecular formula is C11H11N3O2. The average molecular weight is 217 g/mol. The monoisotopic (exact) mass is 217 g/mol. The van der Waals surface area contributed by atoms with E-state index in [0.717, 1.165) is 5.69 Å². The van der Waals surface area contributed by atoms with E-state index in [0.29, 0.717) is 11.4 Å². The number of rotatable bonds is 2. The highest BCUT2D eigenvalue weighted by Gasteiger charge is 2.14. The molecule has 16 heavy (non-hydrogen) atoms. The Balaban J connectivity index is 2.67. The summed E-state index contributed by atoms with van der Waals surface area (Å²) >= 11 is 0. The number of nitrogens with two attached hydrogens (primary N) is 1. The molecule has 0 atom stereocenters. The number of benzene rings is 1. The number of nitrogen functional groups attached to an aromatic ring is 1. The first-order chi connectivity index (χ1) is 7.59. The van der Waals surface area contributed by atoms with Gasteiger partial charge in [-0.3, -0.25) is 0 Å². The molecular weight excluding hydrogens is 206 g/mol. The number of hydrogen-bond donors (Lipinski definition) is 2. The molecule has 0 bridgehead atoms. The van der Waals surface area contributed by atoms with E-state index in [2.05, 4.69) is 5.10 Å². The molecule has 0 spiro atoms. The molecule has 0 fully saturated rings. The van der Waals surface area contributed by atoms with Crippen LogP contribution in [-0.2, 0) is 0 Å². The van der Waals surface area contributed by atoms with E-state index in [1.807, 2.05) is 6.92 Å². The number of carbonyl (C=O) groups is 1. The Hall–Kier alpha value is -2.30. The molecule has 0 aliphatic heterocycles. The molecule has 2 rings (SSSR count). The maximum Gasteiger partial charge on any atom is 0.337 e. The van der Waals surface area contributed by atoms with E-state index in [-0.39, 0.29) is 5.56 Å². The zero-order valence-electron chi connectivity index (χ0n) is 8.71. The van der Waals surface area contributed by atoms with Crippen LogP contribution in [0.3, 0.4) is 0 Å². The molecule has 0 amide bonds. The second-order valence-corrected chi connectivity index (χ2v) is 3.45. The third-order valence-corrected chi connectivity index (χ3v) is 2.25. The van der Waals surface area contributed by atoms with Crippen molar-refractivity contribution >= 4 is 11.7 Å².